The Balaban J connectivity index is 1.61. The number of ether oxygens (including phenoxy) is 1. The minimum Gasteiger partial charge on any atom is -0.494 e. The van der Waals surface area contributed by atoms with Gasteiger partial charge in [-0.05, 0) is 74.8 Å². The fourth-order valence-corrected chi connectivity index (χ4v) is 5.46. The summed E-state index contributed by atoms with van der Waals surface area (Å²) in [7, 11) is 1.61. The van der Waals surface area contributed by atoms with Gasteiger partial charge in [0.1, 0.15) is 5.75 Å². The number of rotatable bonds is 7. The Morgan fingerprint density at radius 2 is 2.03 bits per heavy atom. The van der Waals surface area contributed by atoms with Crippen LogP contribution in [0.5, 0.6) is 5.75 Å². The van der Waals surface area contributed by atoms with Gasteiger partial charge in [0, 0.05) is 41.8 Å². The number of carbonyl (C=O) groups is 1. The molecule has 1 saturated heterocycles. The Bertz CT molecular complexity index is 1270. The van der Waals surface area contributed by atoms with Crippen LogP contribution in [0.15, 0.2) is 48.7 Å². The first-order valence-electron chi connectivity index (χ1n) is 12.1. The molecule has 1 amide bonds. The Kier molecular flexibility index (Phi) is 6.23. The largest absolute Gasteiger partial charge is 0.494 e. The van der Waals surface area contributed by atoms with Gasteiger partial charge in [0.25, 0.3) is 0 Å². The lowest BCUT2D eigenvalue weighted by molar-refractivity contribution is -0.115. The number of hydrogen-bond acceptors (Lipinski definition) is 4. The maximum Gasteiger partial charge on any atom is 0.224 e. The van der Waals surface area contributed by atoms with E-state index in [1.165, 1.54) is 29.8 Å². The van der Waals surface area contributed by atoms with Crippen molar-refractivity contribution in [2.24, 2.45) is 0 Å². The highest BCUT2D eigenvalue weighted by Gasteiger charge is 2.43. The molecule has 3 aromatic rings. The Labute approximate surface area is 211 Å². The zero-order chi connectivity index (χ0) is 24.7. The van der Waals surface area contributed by atoms with Gasteiger partial charge in [0.2, 0.25) is 5.91 Å². The molecular weight excluding hydrogens is 458 g/mol. The molecule has 1 aromatic carbocycles. The van der Waals surface area contributed by atoms with Crippen molar-refractivity contribution in [1.29, 1.82) is 0 Å². The molecule has 7 nitrogen and oxygen atoms in total. The Morgan fingerprint density at radius 1 is 1.23 bits per heavy atom. The van der Waals surface area contributed by atoms with Gasteiger partial charge in [-0.25, -0.2) is 0 Å². The van der Waals surface area contributed by atoms with Gasteiger partial charge in [0.05, 0.1) is 30.6 Å². The lowest BCUT2D eigenvalue weighted by Gasteiger charge is -2.29. The van der Waals surface area contributed by atoms with Crippen molar-refractivity contribution in [1.82, 2.24) is 14.9 Å². The molecule has 2 fully saturated rings. The Morgan fingerprint density at radius 3 is 2.69 bits per heavy atom. The summed E-state index contributed by atoms with van der Waals surface area (Å²) in [5, 5.41) is 7.08. The molecule has 3 heterocycles. The van der Waals surface area contributed by atoms with E-state index in [-0.39, 0.29) is 18.0 Å². The fourth-order valence-electron chi connectivity index (χ4n) is 5.12. The number of hydrogen-bond donors (Lipinski definition) is 2. The number of anilines is 2. The smallest absolute Gasteiger partial charge is 0.224 e. The maximum absolute atomic E-state index is 12.0. The van der Waals surface area contributed by atoms with E-state index < -0.39 is 0 Å². The first kappa shape index (κ1) is 23.4. The second kappa shape index (κ2) is 9.34. The van der Waals surface area contributed by atoms with Crippen molar-refractivity contribution in [3.05, 3.63) is 71.3 Å². The van der Waals surface area contributed by atoms with E-state index in [2.05, 4.69) is 45.0 Å². The summed E-state index contributed by atoms with van der Waals surface area (Å²) in [4.78, 5) is 18.8. The number of methoxy groups -OCH3 is 1. The van der Waals surface area contributed by atoms with Crippen LogP contribution in [0.3, 0.4) is 0 Å². The summed E-state index contributed by atoms with van der Waals surface area (Å²) >= 11 is 5.89. The minimum absolute atomic E-state index is 0.0602. The number of thiocarbonyl (C=S) groups is 1. The van der Waals surface area contributed by atoms with Crippen LogP contribution in [0.4, 0.5) is 11.4 Å². The molecule has 1 saturated carbocycles. The van der Waals surface area contributed by atoms with E-state index in [1.807, 2.05) is 49.5 Å². The summed E-state index contributed by atoms with van der Waals surface area (Å²) < 4.78 is 8.11. The molecule has 1 aliphatic carbocycles. The van der Waals surface area contributed by atoms with Gasteiger partial charge in [0.15, 0.2) is 5.11 Å². The van der Waals surface area contributed by atoms with Crippen molar-refractivity contribution in [2.75, 3.05) is 17.3 Å². The molecule has 2 N–H and O–H groups in total. The molecule has 35 heavy (non-hydrogen) atoms. The zero-order valence-corrected chi connectivity index (χ0v) is 21.4. The van der Waals surface area contributed by atoms with Gasteiger partial charge >= 0.3 is 0 Å². The van der Waals surface area contributed by atoms with E-state index in [0.717, 1.165) is 11.4 Å². The number of pyridine rings is 1. The quantitative estimate of drug-likeness (QED) is 0.435. The second-order valence-corrected chi connectivity index (χ2v) is 9.60. The third-order valence-corrected chi connectivity index (χ3v) is 7.23. The topological polar surface area (TPSA) is 71.4 Å². The van der Waals surface area contributed by atoms with Crippen molar-refractivity contribution in [3.63, 3.8) is 0 Å². The van der Waals surface area contributed by atoms with E-state index in [1.54, 1.807) is 7.11 Å². The van der Waals surface area contributed by atoms with E-state index in [4.69, 9.17) is 17.0 Å². The van der Waals surface area contributed by atoms with Crippen molar-refractivity contribution in [2.45, 2.75) is 58.2 Å². The standard InChI is InChI=1S/C27H31N5O2S/c1-5-24(33)29-21-12-11-19(15-23(21)34-4)32-26(20-14-16(2)31(17(20)3)18-9-10-18)25(30-27(32)35)22-8-6-7-13-28-22/h6-8,11-15,18,25-26H,5,9-10H2,1-4H3,(H,29,33)(H,30,35)/t25-,26+/m1/s1. The summed E-state index contributed by atoms with van der Waals surface area (Å²) in [5.41, 5.74) is 6.26. The number of nitrogens with one attached hydrogen (secondary N) is 2. The summed E-state index contributed by atoms with van der Waals surface area (Å²) in [5.74, 6) is 0.533. The predicted molar refractivity (Wildman–Crippen MR) is 142 cm³/mol. The Hall–Kier alpha value is -3.39. The first-order valence-corrected chi connectivity index (χ1v) is 12.5. The number of aryl methyl sites for hydroxylation is 1. The molecule has 0 radical (unpaired) electrons. The van der Waals surface area contributed by atoms with Gasteiger partial charge in [-0.3, -0.25) is 9.78 Å². The second-order valence-electron chi connectivity index (χ2n) is 9.21. The normalized spacial score (nSPS) is 19.5. The molecule has 2 aliphatic rings. The van der Waals surface area contributed by atoms with E-state index >= 15 is 0 Å². The van der Waals surface area contributed by atoms with Crippen LogP contribution in [0, 0.1) is 13.8 Å². The number of benzene rings is 1. The van der Waals surface area contributed by atoms with Crippen LogP contribution < -0.4 is 20.3 Å². The van der Waals surface area contributed by atoms with Crippen LogP contribution in [0.1, 0.15) is 67.0 Å². The summed E-state index contributed by atoms with van der Waals surface area (Å²) in [6, 6.07) is 14.5. The zero-order valence-electron chi connectivity index (χ0n) is 20.5. The van der Waals surface area contributed by atoms with Crippen molar-refractivity contribution in [3.8, 4) is 5.75 Å². The molecule has 182 valence electrons. The highest BCUT2D eigenvalue weighted by Crippen LogP contribution is 2.46. The van der Waals surface area contributed by atoms with Gasteiger partial charge in [-0.15, -0.1) is 0 Å². The predicted octanol–water partition coefficient (Wildman–Crippen LogP) is 5.37. The lowest BCUT2D eigenvalue weighted by Crippen LogP contribution is -2.29. The molecule has 2 aromatic heterocycles. The summed E-state index contributed by atoms with van der Waals surface area (Å²) in [6.07, 6.45) is 4.68. The van der Waals surface area contributed by atoms with Crippen LogP contribution >= 0.6 is 12.2 Å². The molecular formula is C27H31N5O2S. The van der Waals surface area contributed by atoms with Gasteiger partial charge < -0.3 is 24.8 Å². The first-order chi connectivity index (χ1) is 16.9. The lowest BCUT2D eigenvalue weighted by atomic mass is 9.96. The van der Waals surface area contributed by atoms with Crippen molar-refractivity contribution < 1.29 is 9.53 Å². The number of carbonyl (C=O) groups excluding carboxylic acids is 1. The third kappa shape index (κ3) is 4.27. The maximum atomic E-state index is 12.0. The highest BCUT2D eigenvalue weighted by atomic mass is 32.1. The van der Waals surface area contributed by atoms with E-state index in [9.17, 15) is 4.79 Å². The molecule has 0 spiro atoms. The third-order valence-electron chi connectivity index (χ3n) is 6.91. The average molecular weight is 490 g/mol. The van der Waals surface area contributed by atoms with Crippen LogP contribution in [0.25, 0.3) is 0 Å². The van der Waals surface area contributed by atoms with Crippen LogP contribution in [0.2, 0.25) is 0 Å². The van der Waals surface area contributed by atoms with Crippen LogP contribution in [-0.4, -0.2) is 27.7 Å². The molecule has 1 aliphatic heterocycles. The van der Waals surface area contributed by atoms with Gasteiger partial charge in [-0.2, -0.15) is 0 Å². The highest BCUT2D eigenvalue weighted by molar-refractivity contribution is 7.80. The summed E-state index contributed by atoms with van der Waals surface area (Å²) in [6.45, 7) is 6.22. The molecule has 0 bridgehead atoms. The fraction of sp³-hybridized carbons (Fsp3) is 0.370. The monoisotopic (exact) mass is 489 g/mol. The molecule has 2 atom stereocenters. The minimum atomic E-state index is -0.109. The van der Waals surface area contributed by atoms with Gasteiger partial charge in [-0.1, -0.05) is 13.0 Å². The number of nitrogens with zero attached hydrogens (tertiary/aromatic N) is 3. The SMILES string of the molecule is CCC(=O)Nc1ccc(N2C(=S)N[C@H](c3ccccn3)[C@@H]2c2cc(C)n(C3CC3)c2C)cc1OC. The molecule has 5 rings (SSSR count). The number of amides is 1. The van der Waals surface area contributed by atoms with E-state index in [0.29, 0.717) is 29.0 Å². The average Bonchev–Trinajstić information content (AvgIpc) is 3.58. The number of aromatic nitrogens is 2. The molecule has 8 heteroatoms. The molecule has 0 unspecified atom stereocenters. The van der Waals surface area contributed by atoms with Crippen LogP contribution in [-0.2, 0) is 4.79 Å². The van der Waals surface area contributed by atoms with Crippen molar-refractivity contribution >= 4 is 34.6 Å².